The first-order chi connectivity index (χ1) is 9.85. The van der Waals surface area contributed by atoms with E-state index in [0.29, 0.717) is 10.6 Å². The van der Waals surface area contributed by atoms with Crippen LogP contribution < -0.4 is 0 Å². The standard InChI is InChI=1S/C14H17Cl2NO4/c1-4-20-12(18)14(3,13(19)21-5-2)7-9-8-17-11(16)6-10(9)15/h6,8H,4-5,7H2,1-3H3. The lowest BCUT2D eigenvalue weighted by atomic mass is 9.84. The van der Waals surface area contributed by atoms with Gasteiger partial charge in [0.05, 0.1) is 13.2 Å². The van der Waals surface area contributed by atoms with Crippen LogP contribution in [0.3, 0.4) is 0 Å². The van der Waals surface area contributed by atoms with Gasteiger partial charge >= 0.3 is 11.9 Å². The minimum atomic E-state index is -1.48. The van der Waals surface area contributed by atoms with Gasteiger partial charge in [0, 0.05) is 17.6 Å². The van der Waals surface area contributed by atoms with Crippen molar-refractivity contribution < 1.29 is 19.1 Å². The van der Waals surface area contributed by atoms with Crippen molar-refractivity contribution in [2.75, 3.05) is 13.2 Å². The van der Waals surface area contributed by atoms with Gasteiger partial charge in [-0.15, -0.1) is 0 Å². The molecule has 0 aliphatic rings. The molecule has 0 spiro atoms. The van der Waals surface area contributed by atoms with Crippen molar-refractivity contribution in [3.63, 3.8) is 0 Å². The van der Waals surface area contributed by atoms with Crippen LogP contribution >= 0.6 is 23.2 Å². The Morgan fingerprint density at radius 3 is 2.14 bits per heavy atom. The molecule has 0 radical (unpaired) electrons. The molecule has 116 valence electrons. The Morgan fingerprint density at radius 1 is 1.19 bits per heavy atom. The van der Waals surface area contributed by atoms with E-state index in [9.17, 15) is 9.59 Å². The average molecular weight is 334 g/mol. The second kappa shape index (κ2) is 7.61. The molecule has 1 heterocycles. The van der Waals surface area contributed by atoms with E-state index in [1.54, 1.807) is 13.8 Å². The first-order valence-electron chi connectivity index (χ1n) is 6.49. The smallest absolute Gasteiger partial charge is 0.323 e. The van der Waals surface area contributed by atoms with Crippen molar-refractivity contribution in [3.8, 4) is 0 Å². The van der Waals surface area contributed by atoms with Gasteiger partial charge in [-0.25, -0.2) is 4.98 Å². The van der Waals surface area contributed by atoms with Crippen LogP contribution in [-0.2, 0) is 25.5 Å². The molecule has 0 fully saturated rings. The van der Waals surface area contributed by atoms with Crippen molar-refractivity contribution in [2.24, 2.45) is 5.41 Å². The van der Waals surface area contributed by atoms with Gasteiger partial charge in [0.2, 0.25) is 0 Å². The Kier molecular flexibility index (Phi) is 6.42. The topological polar surface area (TPSA) is 65.5 Å². The highest BCUT2D eigenvalue weighted by Crippen LogP contribution is 2.30. The van der Waals surface area contributed by atoms with Crippen LogP contribution in [0.4, 0.5) is 0 Å². The summed E-state index contributed by atoms with van der Waals surface area (Å²) in [6.45, 7) is 5.13. The van der Waals surface area contributed by atoms with E-state index in [1.165, 1.54) is 19.2 Å². The highest BCUT2D eigenvalue weighted by Gasteiger charge is 2.44. The molecule has 0 bridgehead atoms. The molecule has 0 unspecified atom stereocenters. The molecule has 0 atom stereocenters. The fraction of sp³-hybridized carbons (Fsp3) is 0.500. The van der Waals surface area contributed by atoms with E-state index < -0.39 is 17.4 Å². The second-order valence-corrected chi connectivity index (χ2v) is 5.34. The number of rotatable bonds is 6. The van der Waals surface area contributed by atoms with Gasteiger partial charge in [0.15, 0.2) is 5.41 Å². The third-order valence-corrected chi connectivity index (χ3v) is 3.45. The van der Waals surface area contributed by atoms with E-state index in [1.807, 2.05) is 0 Å². The Hall–Kier alpha value is -1.33. The summed E-state index contributed by atoms with van der Waals surface area (Å²) in [5, 5.41) is 0.563. The van der Waals surface area contributed by atoms with Crippen LogP contribution in [-0.4, -0.2) is 30.1 Å². The largest absolute Gasteiger partial charge is 0.465 e. The lowest BCUT2D eigenvalue weighted by Crippen LogP contribution is -2.41. The SMILES string of the molecule is CCOC(=O)C(C)(Cc1cnc(Cl)cc1Cl)C(=O)OCC. The van der Waals surface area contributed by atoms with Crippen LogP contribution in [0.5, 0.6) is 0 Å². The summed E-state index contributed by atoms with van der Waals surface area (Å²) in [5.41, 5.74) is -0.963. The molecule has 5 nitrogen and oxygen atoms in total. The van der Waals surface area contributed by atoms with E-state index in [0.717, 1.165) is 0 Å². The van der Waals surface area contributed by atoms with Gasteiger partial charge in [0.1, 0.15) is 5.15 Å². The van der Waals surface area contributed by atoms with Gasteiger partial charge in [0.25, 0.3) is 0 Å². The number of esters is 2. The van der Waals surface area contributed by atoms with Gasteiger partial charge < -0.3 is 9.47 Å². The number of aromatic nitrogens is 1. The average Bonchev–Trinajstić information content (AvgIpc) is 2.42. The summed E-state index contributed by atoms with van der Waals surface area (Å²) in [5.74, 6) is -1.32. The second-order valence-electron chi connectivity index (χ2n) is 4.55. The molecule has 0 N–H and O–H groups in total. The molecular weight excluding hydrogens is 317 g/mol. The Bertz CT molecular complexity index is 516. The third kappa shape index (κ3) is 4.32. The van der Waals surface area contributed by atoms with Crippen LogP contribution in [0.25, 0.3) is 0 Å². The van der Waals surface area contributed by atoms with E-state index in [2.05, 4.69) is 4.98 Å². The number of carbonyl (C=O) groups is 2. The molecule has 0 saturated heterocycles. The minimum absolute atomic E-state index is 0.0215. The van der Waals surface area contributed by atoms with Crippen LogP contribution in [0.1, 0.15) is 26.3 Å². The maximum Gasteiger partial charge on any atom is 0.323 e. The molecule has 1 aromatic heterocycles. The zero-order valence-corrected chi connectivity index (χ0v) is 13.6. The first-order valence-corrected chi connectivity index (χ1v) is 7.25. The summed E-state index contributed by atoms with van der Waals surface area (Å²) in [7, 11) is 0. The summed E-state index contributed by atoms with van der Waals surface area (Å²) < 4.78 is 9.96. The maximum atomic E-state index is 12.2. The zero-order chi connectivity index (χ0) is 16.0. The molecule has 0 aliphatic carbocycles. The van der Waals surface area contributed by atoms with E-state index in [4.69, 9.17) is 32.7 Å². The number of pyridine rings is 1. The summed E-state index contributed by atoms with van der Waals surface area (Å²) in [6, 6.07) is 1.45. The molecular formula is C14H17Cl2NO4. The van der Waals surface area contributed by atoms with Crippen LogP contribution in [0, 0.1) is 5.41 Å². The maximum absolute atomic E-state index is 12.2. The van der Waals surface area contributed by atoms with Gasteiger partial charge in [-0.3, -0.25) is 9.59 Å². The molecule has 1 aromatic rings. The van der Waals surface area contributed by atoms with Crippen LogP contribution in [0.15, 0.2) is 12.3 Å². The van der Waals surface area contributed by atoms with Crippen molar-refractivity contribution >= 4 is 35.1 Å². The fourth-order valence-electron chi connectivity index (χ4n) is 1.76. The predicted octanol–water partition coefficient (Wildman–Crippen LogP) is 3.06. The predicted molar refractivity (Wildman–Crippen MR) is 79.3 cm³/mol. The lowest BCUT2D eigenvalue weighted by Gasteiger charge is -2.25. The monoisotopic (exact) mass is 333 g/mol. The molecule has 0 saturated carbocycles. The number of nitrogens with zero attached hydrogens (tertiary/aromatic N) is 1. The first kappa shape index (κ1) is 17.7. The molecule has 7 heteroatoms. The van der Waals surface area contributed by atoms with Crippen LogP contribution in [0.2, 0.25) is 10.2 Å². The Labute approximate surface area is 133 Å². The normalized spacial score (nSPS) is 11.1. The molecule has 0 aromatic carbocycles. The Balaban J connectivity index is 3.12. The number of halogens is 2. The van der Waals surface area contributed by atoms with Gasteiger partial charge in [-0.1, -0.05) is 23.2 Å². The van der Waals surface area contributed by atoms with E-state index >= 15 is 0 Å². The molecule has 21 heavy (non-hydrogen) atoms. The summed E-state index contributed by atoms with van der Waals surface area (Å²) in [4.78, 5) is 28.2. The summed E-state index contributed by atoms with van der Waals surface area (Å²) in [6.07, 6.45) is 1.45. The van der Waals surface area contributed by atoms with Gasteiger partial charge in [-0.2, -0.15) is 0 Å². The lowest BCUT2D eigenvalue weighted by molar-refractivity contribution is -0.170. The zero-order valence-electron chi connectivity index (χ0n) is 12.1. The highest BCUT2D eigenvalue weighted by atomic mass is 35.5. The minimum Gasteiger partial charge on any atom is -0.465 e. The van der Waals surface area contributed by atoms with Crippen molar-refractivity contribution in [2.45, 2.75) is 27.2 Å². The number of carbonyl (C=O) groups excluding carboxylic acids is 2. The van der Waals surface area contributed by atoms with Crippen molar-refractivity contribution in [1.29, 1.82) is 0 Å². The number of ether oxygens (including phenoxy) is 2. The van der Waals surface area contributed by atoms with Crippen molar-refractivity contribution in [1.82, 2.24) is 4.98 Å². The molecule has 0 amide bonds. The number of hydrogen-bond donors (Lipinski definition) is 0. The highest BCUT2D eigenvalue weighted by molar-refractivity contribution is 6.34. The van der Waals surface area contributed by atoms with Crippen molar-refractivity contribution in [3.05, 3.63) is 28.0 Å². The third-order valence-electron chi connectivity index (χ3n) is 2.89. The van der Waals surface area contributed by atoms with E-state index in [-0.39, 0.29) is 24.8 Å². The fourth-order valence-corrected chi connectivity index (χ4v) is 2.19. The Morgan fingerprint density at radius 2 is 1.71 bits per heavy atom. The molecule has 1 rings (SSSR count). The molecule has 0 aliphatic heterocycles. The number of hydrogen-bond acceptors (Lipinski definition) is 5. The quantitative estimate of drug-likeness (QED) is 0.454. The van der Waals surface area contributed by atoms with Gasteiger partial charge in [-0.05, 0) is 32.4 Å². The summed E-state index contributed by atoms with van der Waals surface area (Å²) >= 11 is 11.8.